The summed E-state index contributed by atoms with van der Waals surface area (Å²) in [4.78, 5) is 14.1. The molecule has 0 spiro atoms. The van der Waals surface area contributed by atoms with Gasteiger partial charge in [0, 0.05) is 25.3 Å². The molecule has 0 atom stereocenters. The van der Waals surface area contributed by atoms with Gasteiger partial charge in [0.2, 0.25) is 0 Å². The van der Waals surface area contributed by atoms with Crippen LogP contribution in [0.15, 0.2) is 54.6 Å². The van der Waals surface area contributed by atoms with Crippen LogP contribution in [0, 0.1) is 0 Å². The van der Waals surface area contributed by atoms with E-state index in [1.165, 1.54) is 30.3 Å². The normalized spacial score (nSPS) is 11.7. The van der Waals surface area contributed by atoms with Crippen LogP contribution in [0.25, 0.3) is 6.08 Å². The Balaban J connectivity index is 2.09. The second-order valence-corrected chi connectivity index (χ2v) is 5.54. The van der Waals surface area contributed by atoms with Gasteiger partial charge in [0.15, 0.2) is 5.78 Å². The molecule has 0 aliphatic carbocycles. The predicted molar refractivity (Wildman–Crippen MR) is 92.6 cm³/mol. The molecule has 0 bridgehead atoms. The summed E-state index contributed by atoms with van der Waals surface area (Å²) in [5.41, 5.74) is 2.34. The lowest BCUT2D eigenvalue weighted by Gasteiger charge is -2.21. The highest BCUT2D eigenvalue weighted by Gasteiger charge is 2.17. The Kier molecular flexibility index (Phi) is 5.00. The predicted octanol–water partition coefficient (Wildman–Crippen LogP) is 0.771. The number of carbonyl (C=O) groups is 1. The molecule has 2 aromatic rings. The number of nitrogens with zero attached hydrogens (tertiary/aromatic N) is 1. The first-order valence-electron chi connectivity index (χ1n) is 7.19. The average Bonchev–Trinajstić information content (AvgIpc) is 2.52. The van der Waals surface area contributed by atoms with Crippen molar-refractivity contribution < 1.29 is 19.9 Å². The second kappa shape index (κ2) is 6.79. The quantitative estimate of drug-likeness (QED) is 0.432. The zero-order valence-corrected chi connectivity index (χ0v) is 13.0. The fraction of sp³-hybridized carbons (Fsp3) is 0.118. The SMILES string of the molecule is CN(C)c1ccc(/C=C/C(=O)c2ccc([B-](O)(O)O)cc2)cc1. The zero-order valence-electron chi connectivity index (χ0n) is 13.0. The van der Waals surface area contributed by atoms with E-state index in [0.29, 0.717) is 5.56 Å². The molecule has 2 rings (SSSR count). The summed E-state index contributed by atoms with van der Waals surface area (Å²) in [6, 6.07) is 13.3. The van der Waals surface area contributed by atoms with Crippen LogP contribution in [0.5, 0.6) is 0 Å². The van der Waals surface area contributed by atoms with Crippen molar-refractivity contribution in [3.63, 3.8) is 0 Å². The summed E-state index contributed by atoms with van der Waals surface area (Å²) in [6.07, 6.45) is 3.17. The number of ketones is 1. The Hall–Kier alpha value is -2.41. The van der Waals surface area contributed by atoms with E-state index >= 15 is 0 Å². The number of anilines is 1. The van der Waals surface area contributed by atoms with E-state index in [-0.39, 0.29) is 11.2 Å². The van der Waals surface area contributed by atoms with E-state index in [9.17, 15) is 4.79 Å². The maximum absolute atomic E-state index is 12.1. The van der Waals surface area contributed by atoms with Gasteiger partial charge in [-0.25, -0.2) is 0 Å². The summed E-state index contributed by atoms with van der Waals surface area (Å²) in [5.74, 6) is -0.208. The molecule has 120 valence electrons. The molecule has 6 heteroatoms. The highest BCUT2D eigenvalue weighted by molar-refractivity contribution is 6.71. The lowest BCUT2D eigenvalue weighted by atomic mass is 9.71. The van der Waals surface area contributed by atoms with Crippen molar-refractivity contribution in [3.05, 3.63) is 65.7 Å². The van der Waals surface area contributed by atoms with Crippen LogP contribution in [0.3, 0.4) is 0 Å². The van der Waals surface area contributed by atoms with E-state index in [2.05, 4.69) is 0 Å². The molecule has 0 fully saturated rings. The van der Waals surface area contributed by atoms with Crippen LogP contribution >= 0.6 is 0 Å². The van der Waals surface area contributed by atoms with Crippen molar-refractivity contribution in [1.82, 2.24) is 0 Å². The van der Waals surface area contributed by atoms with Crippen LogP contribution in [0.1, 0.15) is 15.9 Å². The molecule has 0 heterocycles. The summed E-state index contributed by atoms with van der Waals surface area (Å²) in [6.45, 7) is -3.53. The first kappa shape index (κ1) is 17.0. The average molecular weight is 312 g/mol. The molecule has 2 aromatic carbocycles. The Labute approximate surface area is 135 Å². The van der Waals surface area contributed by atoms with Crippen LogP contribution in [-0.2, 0) is 0 Å². The summed E-state index contributed by atoms with van der Waals surface area (Å²) < 4.78 is 0. The summed E-state index contributed by atoms with van der Waals surface area (Å²) in [7, 11) is 3.91. The van der Waals surface area contributed by atoms with E-state index < -0.39 is 6.75 Å². The van der Waals surface area contributed by atoms with Crippen molar-refractivity contribution in [2.45, 2.75) is 0 Å². The van der Waals surface area contributed by atoms with Crippen molar-refractivity contribution in [2.75, 3.05) is 19.0 Å². The molecule has 0 saturated carbocycles. The third kappa shape index (κ3) is 4.53. The van der Waals surface area contributed by atoms with Crippen LogP contribution < -0.4 is 10.4 Å². The van der Waals surface area contributed by atoms with Gasteiger partial charge >= 0.3 is 6.75 Å². The lowest BCUT2D eigenvalue weighted by molar-refractivity contribution is 0.104. The van der Waals surface area contributed by atoms with Crippen molar-refractivity contribution in [3.8, 4) is 0 Å². The highest BCUT2D eigenvalue weighted by Crippen LogP contribution is 2.13. The molecule has 0 radical (unpaired) electrons. The maximum atomic E-state index is 12.1. The fourth-order valence-corrected chi connectivity index (χ4v) is 2.06. The third-order valence-corrected chi connectivity index (χ3v) is 3.48. The second-order valence-electron chi connectivity index (χ2n) is 5.54. The monoisotopic (exact) mass is 312 g/mol. The van der Waals surface area contributed by atoms with Gasteiger partial charge in [-0.15, -0.1) is 5.46 Å². The van der Waals surface area contributed by atoms with Gasteiger partial charge < -0.3 is 20.0 Å². The molecule has 0 aromatic heterocycles. The van der Waals surface area contributed by atoms with Gasteiger partial charge in [-0.2, -0.15) is 0 Å². The van der Waals surface area contributed by atoms with E-state index in [0.717, 1.165) is 11.3 Å². The van der Waals surface area contributed by atoms with E-state index in [4.69, 9.17) is 15.1 Å². The highest BCUT2D eigenvalue weighted by atomic mass is 16.5. The van der Waals surface area contributed by atoms with Crippen LogP contribution in [-0.4, -0.2) is 41.7 Å². The third-order valence-electron chi connectivity index (χ3n) is 3.48. The van der Waals surface area contributed by atoms with Crippen molar-refractivity contribution in [2.24, 2.45) is 0 Å². The Bertz CT molecular complexity index is 701. The van der Waals surface area contributed by atoms with Gasteiger partial charge in [0.05, 0.1) is 0 Å². The van der Waals surface area contributed by atoms with Crippen molar-refractivity contribution in [1.29, 1.82) is 0 Å². The molecule has 23 heavy (non-hydrogen) atoms. The number of hydrogen-bond donors (Lipinski definition) is 3. The minimum Gasteiger partial charge on any atom is -0.556 e. The first-order valence-corrected chi connectivity index (χ1v) is 7.19. The van der Waals surface area contributed by atoms with Crippen molar-refractivity contribution >= 4 is 29.8 Å². The molecule has 0 amide bonds. The number of benzene rings is 2. The minimum atomic E-state index is -3.53. The Morgan fingerprint density at radius 3 is 2.00 bits per heavy atom. The zero-order chi connectivity index (χ0) is 17.0. The van der Waals surface area contributed by atoms with Gasteiger partial charge in [-0.1, -0.05) is 42.5 Å². The number of hydrogen-bond acceptors (Lipinski definition) is 5. The fourth-order valence-electron chi connectivity index (χ4n) is 2.06. The molecule has 3 N–H and O–H groups in total. The standard InChI is InChI=1S/C17H19BNO4/c1-19(2)16-10-3-13(4-11-16)5-12-17(20)14-6-8-15(9-7-14)18(21,22)23/h3-12,21-23H,1-2H3/q-1/b12-5+. The van der Waals surface area contributed by atoms with Gasteiger partial charge in [0.1, 0.15) is 0 Å². The molecule has 5 nitrogen and oxygen atoms in total. The Morgan fingerprint density at radius 2 is 1.52 bits per heavy atom. The molecule has 0 unspecified atom stereocenters. The van der Waals surface area contributed by atoms with Gasteiger partial charge in [-0.05, 0) is 23.8 Å². The van der Waals surface area contributed by atoms with Crippen LogP contribution in [0.4, 0.5) is 5.69 Å². The smallest absolute Gasteiger partial charge is 0.402 e. The summed E-state index contributed by atoms with van der Waals surface area (Å²) >= 11 is 0. The lowest BCUT2D eigenvalue weighted by Crippen LogP contribution is -2.48. The largest absolute Gasteiger partial charge is 0.556 e. The van der Waals surface area contributed by atoms with Gasteiger partial charge in [-0.3, -0.25) is 4.79 Å². The molecule has 0 aliphatic heterocycles. The number of carbonyl (C=O) groups excluding carboxylic acids is 1. The van der Waals surface area contributed by atoms with Crippen LogP contribution in [0.2, 0.25) is 0 Å². The molecular weight excluding hydrogens is 293 g/mol. The van der Waals surface area contributed by atoms with Gasteiger partial charge in [0.25, 0.3) is 0 Å². The topological polar surface area (TPSA) is 81.0 Å². The number of rotatable bonds is 5. The van der Waals surface area contributed by atoms with E-state index in [1.807, 2.05) is 43.3 Å². The molecule has 0 saturated heterocycles. The number of allylic oxidation sites excluding steroid dienone is 1. The molecular formula is C17H19BNO4-. The Morgan fingerprint density at radius 1 is 0.957 bits per heavy atom. The first-order chi connectivity index (χ1) is 10.8. The summed E-state index contributed by atoms with van der Waals surface area (Å²) in [5, 5.41) is 27.3. The minimum absolute atomic E-state index is 0.0372. The maximum Gasteiger partial charge on any atom is 0.402 e. The van der Waals surface area contributed by atoms with E-state index in [1.54, 1.807) is 6.08 Å². The molecule has 0 aliphatic rings.